The maximum absolute atomic E-state index is 4.34. The lowest BCUT2D eigenvalue weighted by atomic mass is 10.2. The van der Waals surface area contributed by atoms with Crippen LogP contribution in [-0.4, -0.2) is 6.21 Å². The summed E-state index contributed by atoms with van der Waals surface area (Å²) >= 11 is 0. The van der Waals surface area contributed by atoms with E-state index in [-0.39, 0.29) is 0 Å². The van der Waals surface area contributed by atoms with Gasteiger partial charge >= 0.3 is 0 Å². The van der Waals surface area contributed by atoms with Crippen LogP contribution in [0.15, 0.2) is 71.7 Å². The molecule has 0 spiro atoms. The number of rotatable bonds is 4. The van der Waals surface area contributed by atoms with E-state index in [2.05, 4.69) is 35.3 Å². The Morgan fingerprint density at radius 2 is 1.47 bits per heavy atom. The first-order valence-electron chi connectivity index (χ1n) is 5.70. The first kappa shape index (κ1) is 11.3. The molecular formula is C16H15N. The minimum Gasteiger partial charge on any atom is -0.288 e. The molecule has 0 N–H and O–H groups in total. The SMILES string of the molecule is C(/C=C/c1ccccc1)=NCc1ccccc1. The van der Waals surface area contributed by atoms with Crippen molar-refractivity contribution < 1.29 is 0 Å². The standard InChI is InChI=1S/C16H15N/c1-3-8-15(9-4-1)12-7-13-17-14-16-10-5-2-6-11-16/h1-13H,14H2/b12-7+,17-13?. The van der Waals surface area contributed by atoms with Gasteiger partial charge in [0.05, 0.1) is 6.54 Å². The molecule has 0 saturated heterocycles. The van der Waals surface area contributed by atoms with E-state index < -0.39 is 0 Å². The molecule has 1 heteroatoms. The molecule has 2 aromatic rings. The van der Waals surface area contributed by atoms with E-state index in [9.17, 15) is 0 Å². The Balaban J connectivity index is 1.85. The fourth-order valence-corrected chi connectivity index (χ4v) is 1.52. The first-order valence-corrected chi connectivity index (χ1v) is 5.70. The van der Waals surface area contributed by atoms with Gasteiger partial charge in [0.1, 0.15) is 0 Å². The highest BCUT2D eigenvalue weighted by molar-refractivity contribution is 5.78. The van der Waals surface area contributed by atoms with E-state index in [4.69, 9.17) is 0 Å². The van der Waals surface area contributed by atoms with Crippen LogP contribution >= 0.6 is 0 Å². The lowest BCUT2D eigenvalue weighted by molar-refractivity contribution is 1.08. The maximum atomic E-state index is 4.34. The van der Waals surface area contributed by atoms with Crippen molar-refractivity contribution in [3.05, 3.63) is 77.9 Å². The quantitative estimate of drug-likeness (QED) is 0.693. The van der Waals surface area contributed by atoms with Crippen molar-refractivity contribution in [2.24, 2.45) is 4.99 Å². The molecule has 0 saturated carbocycles. The number of hydrogen-bond acceptors (Lipinski definition) is 1. The van der Waals surface area contributed by atoms with Crippen LogP contribution in [-0.2, 0) is 6.54 Å². The van der Waals surface area contributed by atoms with Gasteiger partial charge in [-0.25, -0.2) is 0 Å². The summed E-state index contributed by atoms with van der Waals surface area (Å²) in [5.74, 6) is 0. The highest BCUT2D eigenvalue weighted by Crippen LogP contribution is 2.01. The third-order valence-corrected chi connectivity index (χ3v) is 2.40. The molecule has 0 aliphatic carbocycles. The smallest absolute Gasteiger partial charge is 0.0639 e. The third kappa shape index (κ3) is 4.07. The number of allylic oxidation sites excluding steroid dienone is 1. The van der Waals surface area contributed by atoms with E-state index >= 15 is 0 Å². The van der Waals surface area contributed by atoms with Gasteiger partial charge in [-0.1, -0.05) is 66.7 Å². The van der Waals surface area contributed by atoms with E-state index in [1.807, 2.05) is 48.7 Å². The van der Waals surface area contributed by atoms with Gasteiger partial charge in [-0.3, -0.25) is 4.99 Å². The van der Waals surface area contributed by atoms with Crippen LogP contribution in [0.4, 0.5) is 0 Å². The highest BCUT2D eigenvalue weighted by atomic mass is 14.7. The molecule has 0 atom stereocenters. The number of nitrogens with zero attached hydrogens (tertiary/aromatic N) is 1. The number of aliphatic imine (C=N–C) groups is 1. The predicted molar refractivity (Wildman–Crippen MR) is 74.1 cm³/mol. The summed E-state index contributed by atoms with van der Waals surface area (Å²) in [4.78, 5) is 4.34. The van der Waals surface area contributed by atoms with E-state index in [1.165, 1.54) is 11.1 Å². The second-order valence-corrected chi connectivity index (χ2v) is 3.75. The lowest BCUT2D eigenvalue weighted by Crippen LogP contribution is -1.79. The second kappa shape index (κ2) is 6.44. The molecular weight excluding hydrogens is 206 g/mol. The van der Waals surface area contributed by atoms with Gasteiger partial charge in [-0.2, -0.15) is 0 Å². The summed E-state index contributed by atoms with van der Waals surface area (Å²) in [5.41, 5.74) is 2.43. The third-order valence-electron chi connectivity index (χ3n) is 2.40. The Bertz CT molecular complexity index is 483. The zero-order valence-electron chi connectivity index (χ0n) is 9.66. The fraction of sp³-hybridized carbons (Fsp3) is 0.0625. The molecule has 0 fully saturated rings. The van der Waals surface area contributed by atoms with Gasteiger partial charge in [-0.15, -0.1) is 0 Å². The molecule has 0 aliphatic rings. The maximum Gasteiger partial charge on any atom is 0.0639 e. The Morgan fingerprint density at radius 1 is 0.824 bits per heavy atom. The molecule has 0 bridgehead atoms. The second-order valence-electron chi connectivity index (χ2n) is 3.75. The van der Waals surface area contributed by atoms with Gasteiger partial charge < -0.3 is 0 Å². The zero-order valence-corrected chi connectivity index (χ0v) is 9.66. The predicted octanol–water partition coefficient (Wildman–Crippen LogP) is 3.97. The van der Waals surface area contributed by atoms with Gasteiger partial charge in [0.25, 0.3) is 0 Å². The summed E-state index contributed by atoms with van der Waals surface area (Å²) in [6.07, 6.45) is 5.87. The van der Waals surface area contributed by atoms with Crippen molar-refractivity contribution in [3.8, 4) is 0 Å². The van der Waals surface area contributed by atoms with Crippen molar-refractivity contribution in [2.45, 2.75) is 6.54 Å². The average Bonchev–Trinajstić information content (AvgIpc) is 2.41. The van der Waals surface area contributed by atoms with Gasteiger partial charge in [-0.05, 0) is 17.2 Å². The number of hydrogen-bond donors (Lipinski definition) is 0. The monoisotopic (exact) mass is 221 g/mol. The van der Waals surface area contributed by atoms with Crippen LogP contribution in [0, 0.1) is 0 Å². The molecule has 0 heterocycles. The zero-order chi connectivity index (χ0) is 11.8. The minimum atomic E-state index is 0.736. The number of benzene rings is 2. The van der Waals surface area contributed by atoms with Crippen LogP contribution in [0.3, 0.4) is 0 Å². The minimum absolute atomic E-state index is 0.736. The topological polar surface area (TPSA) is 12.4 Å². The summed E-state index contributed by atoms with van der Waals surface area (Å²) in [6, 6.07) is 20.5. The highest BCUT2D eigenvalue weighted by Gasteiger charge is 1.85. The molecule has 17 heavy (non-hydrogen) atoms. The van der Waals surface area contributed by atoms with Crippen molar-refractivity contribution in [2.75, 3.05) is 0 Å². The van der Waals surface area contributed by atoms with Crippen molar-refractivity contribution in [1.82, 2.24) is 0 Å². The van der Waals surface area contributed by atoms with Gasteiger partial charge in [0, 0.05) is 6.21 Å². The van der Waals surface area contributed by atoms with Crippen LogP contribution in [0.1, 0.15) is 11.1 Å². The van der Waals surface area contributed by atoms with Crippen LogP contribution in [0.2, 0.25) is 0 Å². The van der Waals surface area contributed by atoms with Crippen LogP contribution in [0.5, 0.6) is 0 Å². The molecule has 2 aromatic carbocycles. The van der Waals surface area contributed by atoms with E-state index in [1.54, 1.807) is 0 Å². The molecule has 0 unspecified atom stereocenters. The summed E-state index contributed by atoms with van der Waals surface area (Å²) in [5, 5.41) is 0. The van der Waals surface area contributed by atoms with Crippen molar-refractivity contribution in [3.63, 3.8) is 0 Å². The molecule has 0 aromatic heterocycles. The Morgan fingerprint density at radius 3 is 2.18 bits per heavy atom. The van der Waals surface area contributed by atoms with E-state index in [0.29, 0.717) is 0 Å². The molecule has 84 valence electrons. The summed E-state index contributed by atoms with van der Waals surface area (Å²) in [6.45, 7) is 0.736. The molecule has 0 aliphatic heterocycles. The van der Waals surface area contributed by atoms with Crippen LogP contribution in [0.25, 0.3) is 6.08 Å². The van der Waals surface area contributed by atoms with E-state index in [0.717, 1.165) is 6.54 Å². The van der Waals surface area contributed by atoms with Gasteiger partial charge in [0.2, 0.25) is 0 Å². The molecule has 0 amide bonds. The molecule has 2 rings (SSSR count). The Kier molecular flexibility index (Phi) is 4.29. The average molecular weight is 221 g/mol. The molecule has 0 radical (unpaired) electrons. The fourth-order valence-electron chi connectivity index (χ4n) is 1.52. The van der Waals surface area contributed by atoms with Crippen molar-refractivity contribution >= 4 is 12.3 Å². The van der Waals surface area contributed by atoms with Gasteiger partial charge in [0.15, 0.2) is 0 Å². The van der Waals surface area contributed by atoms with Crippen LogP contribution < -0.4 is 0 Å². The summed E-state index contributed by atoms with van der Waals surface area (Å²) in [7, 11) is 0. The summed E-state index contributed by atoms with van der Waals surface area (Å²) < 4.78 is 0. The largest absolute Gasteiger partial charge is 0.288 e. The molecule has 1 nitrogen and oxygen atoms in total. The lowest BCUT2D eigenvalue weighted by Gasteiger charge is -1.93. The Hall–Kier alpha value is -2.15. The van der Waals surface area contributed by atoms with Crippen molar-refractivity contribution in [1.29, 1.82) is 0 Å². The Labute approximate surface area is 102 Å². The first-order chi connectivity index (χ1) is 8.45. The normalized spacial score (nSPS) is 11.3.